The average Bonchev–Trinajstić information content (AvgIpc) is 1.70. The third-order valence-corrected chi connectivity index (χ3v) is 20.6. The standard InChI is InChI=1S/C21H33N3O6S.C16H25N3O3.C12H17NO4S.C12H16O4S.2C6H5N3O2.C5H10O4S.5CH4.2ClH/c1-5-9-17(24-20(27)14(2)13-31(4,29)30)19(26)21(28)22-12-18(25)23-15(3)16-10-7-6-8-11-16;1-3-7-13(17)15(21)16(22)18-10-14(20)19-11(2)12-8-5-4-6-9-12;1-13-11(9-18(2,15)16)12(14)17-8-10-6-4-3-5-7-10;1-10(9-17(2,14)15)12(13)16-8-11-6-4-3-5-7-11;2*10-11-9-6-4-2-1-3-5(6)7-8-9;1-4(5(6)7)3-10(2,8)9;;;;;;;/h6-8,10-11,14-15,17,19,26H,5,9,12-13H2,1-4H3,(H,22,28)(H,23,25)(H,24,27);4-6,8-9,11,13,15,21H,3,7,10,17H2,1-2H3,(H,18,22)(H,19,20);3-7,11,13H,8-9H2,1-2H3;3-7,10H,8-9H2,1-2H3;2*1-4,10H;4H,3H2,1-2H3,(H,6,7);5*1H4;2*1H/t14?,15-,17?,19?;11-,13?,15?;;;;;;;;;;;;/m11............/s1. The number of aromatic nitrogens is 6. The Morgan fingerprint density at radius 2 is 0.772 bits per heavy atom. The molecule has 127 heavy (non-hydrogen) atoms. The van der Waals surface area contributed by atoms with Crippen LogP contribution >= 0.6 is 24.8 Å². The molecule has 8 aromatic rings. The Kier molecular flexibility index (Phi) is 66.3. The van der Waals surface area contributed by atoms with E-state index >= 15 is 0 Å². The molecule has 0 radical (unpaired) electrons. The van der Waals surface area contributed by atoms with Crippen LogP contribution in [0.15, 0.2) is 170 Å². The van der Waals surface area contributed by atoms with Crippen molar-refractivity contribution in [2.75, 3.05) is 68.2 Å². The number of benzene rings is 6. The van der Waals surface area contributed by atoms with Crippen molar-refractivity contribution in [2.24, 2.45) is 23.5 Å². The summed E-state index contributed by atoms with van der Waals surface area (Å²) in [4.78, 5) is 103. The second kappa shape index (κ2) is 66.1. The zero-order valence-corrected chi connectivity index (χ0v) is 74.4. The second-order valence-electron chi connectivity index (χ2n) is 27.6. The summed E-state index contributed by atoms with van der Waals surface area (Å²) in [6.07, 6.45) is 3.59. The van der Waals surface area contributed by atoms with Crippen molar-refractivity contribution >= 4 is 134 Å². The number of hydrogen-bond donors (Lipinski definition) is 12. The third kappa shape index (κ3) is 54.4. The first-order valence-electron chi connectivity index (χ1n) is 37.3. The van der Waals surface area contributed by atoms with Crippen molar-refractivity contribution in [1.29, 1.82) is 0 Å². The molecule has 0 aliphatic heterocycles. The highest BCUT2D eigenvalue weighted by Crippen LogP contribution is 2.15. The normalized spacial score (nSPS) is 12.8. The fourth-order valence-electron chi connectivity index (χ4n) is 10.3. The number of para-hydroxylation sites is 2. The van der Waals surface area contributed by atoms with Crippen molar-refractivity contribution in [1.82, 2.24) is 62.2 Å². The molecule has 2 heterocycles. The number of nitrogens with zero attached hydrogens (tertiary/aromatic N) is 6. The number of ether oxygens (including phenoxy) is 2. The van der Waals surface area contributed by atoms with Crippen molar-refractivity contribution < 1.29 is 117 Å². The van der Waals surface area contributed by atoms with E-state index < -0.39 is 129 Å². The highest BCUT2D eigenvalue weighted by molar-refractivity contribution is 7.91. The molecule has 38 nitrogen and oxygen atoms in total. The van der Waals surface area contributed by atoms with E-state index in [9.17, 15) is 82.2 Å². The maximum atomic E-state index is 12.3. The van der Waals surface area contributed by atoms with E-state index in [1.165, 1.54) is 20.9 Å². The molecule has 8 unspecified atom stereocenters. The van der Waals surface area contributed by atoms with Crippen LogP contribution in [-0.2, 0) is 100 Å². The van der Waals surface area contributed by atoms with Crippen LogP contribution in [0.25, 0.3) is 22.1 Å². The van der Waals surface area contributed by atoms with Gasteiger partial charge in [0, 0.05) is 37.0 Å². The number of amides is 5. The summed E-state index contributed by atoms with van der Waals surface area (Å²) in [6.45, 7) is 11.6. The zero-order valence-electron chi connectivity index (χ0n) is 69.5. The van der Waals surface area contributed by atoms with Crippen LogP contribution in [0.5, 0.6) is 0 Å². The van der Waals surface area contributed by atoms with Crippen molar-refractivity contribution in [3.8, 4) is 0 Å². The number of esters is 2. The van der Waals surface area contributed by atoms with Gasteiger partial charge in [0.05, 0.1) is 66.1 Å². The number of sulfone groups is 4. The predicted octanol–water partition coefficient (Wildman–Crippen LogP) is 6.99. The van der Waals surface area contributed by atoms with Gasteiger partial charge in [0.2, 0.25) is 17.7 Å². The molecule has 0 aliphatic rings. The van der Waals surface area contributed by atoms with Gasteiger partial charge in [-0.05, 0) is 100 Å². The van der Waals surface area contributed by atoms with Gasteiger partial charge >= 0.3 is 17.9 Å². The molecule has 10 atom stereocenters. The summed E-state index contributed by atoms with van der Waals surface area (Å²) < 4.78 is 98.1. The van der Waals surface area contributed by atoms with Crippen LogP contribution in [0.3, 0.4) is 0 Å². The van der Waals surface area contributed by atoms with Gasteiger partial charge in [-0.15, -0.1) is 35.0 Å². The van der Waals surface area contributed by atoms with Crippen LogP contribution in [0, 0.1) is 17.8 Å². The molecular formula is C83H133Cl2N13O25S4. The Balaban J connectivity index is -0.000000344. The lowest BCUT2D eigenvalue weighted by Gasteiger charge is -2.24. The van der Waals surface area contributed by atoms with Gasteiger partial charge in [-0.1, -0.05) is 230 Å². The number of carboxylic acids is 1. The number of halogens is 2. The van der Waals surface area contributed by atoms with E-state index in [1.807, 2.05) is 161 Å². The first kappa shape index (κ1) is 127. The minimum absolute atomic E-state index is 0. The van der Waals surface area contributed by atoms with E-state index in [-0.39, 0.29) is 129 Å². The molecule has 0 spiro atoms. The van der Waals surface area contributed by atoms with Crippen LogP contribution in [-0.4, -0.2) is 236 Å². The number of likely N-dealkylation sites (N-methyl/N-ethyl adjacent to an activating group) is 1. The number of carboxylic acid groups (broad SMARTS) is 1. The minimum atomic E-state index is -3.35. The fourth-order valence-corrected chi connectivity index (χ4v) is 14.3. The Labute approximate surface area is 759 Å². The fraction of sp³-hybridized carbons (Fsp3) is 0.470. The highest BCUT2D eigenvalue weighted by atomic mass is 35.5. The summed E-state index contributed by atoms with van der Waals surface area (Å²) in [5, 5.41) is 74.9. The summed E-state index contributed by atoms with van der Waals surface area (Å²) in [7, 11) is -11.3. The van der Waals surface area contributed by atoms with E-state index in [1.54, 1.807) is 43.3 Å². The maximum Gasteiger partial charge on any atom is 0.324 e. The number of carbonyl (C=O) groups is 8. The number of fused-ring (bicyclic) bond motifs is 2. The first-order chi connectivity index (χ1) is 56.4. The lowest BCUT2D eigenvalue weighted by Crippen LogP contribution is -2.53. The first-order valence-corrected chi connectivity index (χ1v) is 45.5. The molecule has 2 aromatic heterocycles. The molecule has 8 rings (SSSR count). The molecular weight excluding hydrogens is 1780 g/mol. The number of aliphatic hydroxyl groups excluding tert-OH is 2. The molecule has 6 aromatic carbocycles. The summed E-state index contributed by atoms with van der Waals surface area (Å²) in [6, 6.07) is 48.9. The largest absolute Gasteiger partial charge is 0.481 e. The third-order valence-electron chi connectivity index (χ3n) is 16.4. The molecule has 0 saturated heterocycles. The van der Waals surface area contributed by atoms with Gasteiger partial charge in [0.1, 0.15) is 86.8 Å². The van der Waals surface area contributed by atoms with Crippen LogP contribution < -0.4 is 47.6 Å². The number of hydrogen-bond acceptors (Lipinski definition) is 30. The number of rotatable bonds is 36. The SMILES string of the molecule is C.C.C.C.C.CC(CS(C)(=O)=O)C(=O)O.CC(CS(C)(=O)=O)C(=O)OCc1ccccc1.CCCC(N)C(O)C(=O)NCC(=O)N[C@H](C)c1ccccc1.CCCC(NC(=O)C(C)CS(C)(=O)=O)C(O)C(=O)NCC(=O)N[C@H](C)c1ccccc1.CNC(CS(C)(=O)=O)C(=O)OCc1ccccc1.Cl.Cl.OOn1nnc2ccccc21.OOn1nnc2ccccc21. The molecule has 718 valence electrons. The molecule has 0 saturated carbocycles. The lowest BCUT2D eigenvalue weighted by atomic mass is 10.0. The molecule has 0 fully saturated rings. The summed E-state index contributed by atoms with van der Waals surface area (Å²) in [5.74, 6) is -8.18. The predicted molar refractivity (Wildman–Crippen MR) is 495 cm³/mol. The Bertz CT molecular complexity index is 4870. The number of aliphatic carboxylic acids is 1. The zero-order chi connectivity index (χ0) is 90.3. The Hall–Kier alpha value is -10.4. The van der Waals surface area contributed by atoms with E-state index in [0.717, 1.165) is 63.4 Å². The quantitative estimate of drug-likeness (QED) is 0.0107. The van der Waals surface area contributed by atoms with Crippen LogP contribution in [0.4, 0.5) is 0 Å². The smallest absolute Gasteiger partial charge is 0.324 e. The van der Waals surface area contributed by atoms with Crippen molar-refractivity contribution in [3.05, 3.63) is 192 Å². The molecule has 44 heteroatoms. The molecule has 0 aliphatic carbocycles. The highest BCUT2D eigenvalue weighted by Gasteiger charge is 2.31. The maximum absolute atomic E-state index is 12.3. The minimum Gasteiger partial charge on any atom is -0.481 e. The monoisotopic (exact) mass is 1910 g/mol. The van der Waals surface area contributed by atoms with Crippen LogP contribution in [0.1, 0.15) is 146 Å². The number of nitrogens with two attached hydrogens (primary N) is 1. The second-order valence-corrected chi connectivity index (χ2v) is 36.3. The van der Waals surface area contributed by atoms with Gasteiger partial charge in [0.25, 0.3) is 11.8 Å². The van der Waals surface area contributed by atoms with Crippen molar-refractivity contribution in [2.45, 2.75) is 167 Å². The lowest BCUT2D eigenvalue weighted by molar-refractivity contribution is -0.250. The van der Waals surface area contributed by atoms with Gasteiger partial charge < -0.3 is 62.4 Å². The van der Waals surface area contributed by atoms with Gasteiger partial charge in [0.15, 0.2) is 6.10 Å². The van der Waals surface area contributed by atoms with E-state index in [0.29, 0.717) is 41.3 Å². The van der Waals surface area contributed by atoms with E-state index in [4.69, 9.17) is 30.8 Å². The number of aliphatic hydroxyl groups is 2. The Morgan fingerprint density at radius 3 is 1.11 bits per heavy atom. The van der Waals surface area contributed by atoms with Gasteiger partial charge in [-0.3, -0.25) is 38.4 Å². The summed E-state index contributed by atoms with van der Waals surface area (Å²) >= 11 is 0. The topological polar surface area (TPSA) is 571 Å². The average molecular weight is 1910 g/mol. The summed E-state index contributed by atoms with van der Waals surface area (Å²) in [5.41, 5.74) is 11.9. The van der Waals surface area contributed by atoms with Crippen molar-refractivity contribution in [3.63, 3.8) is 0 Å². The molecule has 5 amide bonds. The van der Waals surface area contributed by atoms with Gasteiger partial charge in [-0.25, -0.2) is 43.6 Å². The molecule has 13 N–H and O–H groups in total. The van der Waals surface area contributed by atoms with Crippen LogP contribution in [0.2, 0.25) is 0 Å². The number of carbonyl (C=O) groups excluding carboxylic acids is 7. The van der Waals surface area contributed by atoms with E-state index in [2.05, 4.69) is 62.5 Å². The molecule has 0 bridgehead atoms. The van der Waals surface area contributed by atoms with Gasteiger partial charge in [-0.2, -0.15) is 10.5 Å². The number of nitrogens with one attached hydrogen (secondary N) is 6. The Morgan fingerprint density at radius 1 is 0.441 bits per heavy atom.